The Hall–Kier alpha value is -1.19. The molecule has 0 bridgehead atoms. The van der Waals surface area contributed by atoms with Crippen molar-refractivity contribution in [2.24, 2.45) is 5.92 Å². The topological polar surface area (TPSA) is 38.3 Å². The van der Waals surface area contributed by atoms with Gasteiger partial charge in [-0.15, -0.1) is 0 Å². The van der Waals surface area contributed by atoms with E-state index in [1.807, 2.05) is 18.2 Å². The van der Waals surface area contributed by atoms with Crippen LogP contribution in [0.3, 0.4) is 0 Å². The molecule has 0 spiro atoms. The molecule has 0 amide bonds. The lowest BCUT2D eigenvalue weighted by atomic mass is 10.00. The lowest BCUT2D eigenvalue weighted by molar-refractivity contribution is 0.0317. The fourth-order valence-electron chi connectivity index (χ4n) is 2.58. The van der Waals surface area contributed by atoms with E-state index in [4.69, 9.17) is 4.74 Å². The van der Waals surface area contributed by atoms with Gasteiger partial charge in [0.05, 0.1) is 6.10 Å². The molecule has 1 aliphatic heterocycles. The van der Waals surface area contributed by atoms with E-state index in [0.29, 0.717) is 5.92 Å². The number of benzene rings is 1. The first-order valence-electron chi connectivity index (χ1n) is 7.59. The minimum absolute atomic E-state index is 0.0918. The van der Waals surface area contributed by atoms with Crippen molar-refractivity contribution in [3.8, 4) is 0 Å². The summed E-state index contributed by atoms with van der Waals surface area (Å²) in [6.45, 7) is 6.56. The van der Waals surface area contributed by atoms with Crippen LogP contribution >= 0.6 is 0 Å². The van der Waals surface area contributed by atoms with Crippen molar-refractivity contribution < 1.29 is 9.53 Å². The van der Waals surface area contributed by atoms with Gasteiger partial charge >= 0.3 is 0 Å². The van der Waals surface area contributed by atoms with Crippen molar-refractivity contribution in [3.63, 3.8) is 0 Å². The van der Waals surface area contributed by atoms with Gasteiger partial charge in [0.25, 0.3) is 0 Å². The first kappa shape index (κ1) is 15.2. The smallest absolute Gasteiger partial charge is 0.188 e. The van der Waals surface area contributed by atoms with Gasteiger partial charge in [-0.25, -0.2) is 0 Å². The van der Waals surface area contributed by atoms with Crippen LogP contribution in [0.4, 0.5) is 0 Å². The predicted molar refractivity (Wildman–Crippen MR) is 81.2 cm³/mol. The third-order valence-corrected chi connectivity index (χ3v) is 3.63. The Balaban J connectivity index is 1.88. The Morgan fingerprint density at radius 1 is 1.35 bits per heavy atom. The molecule has 0 aromatic heterocycles. The number of carbonyl (C=O) groups is 1. The molecular weight excluding hydrogens is 250 g/mol. The van der Waals surface area contributed by atoms with Crippen molar-refractivity contribution in [1.29, 1.82) is 0 Å². The summed E-state index contributed by atoms with van der Waals surface area (Å²) in [5.41, 5.74) is 2.00. The monoisotopic (exact) mass is 275 g/mol. The average Bonchev–Trinajstić information content (AvgIpc) is 2.45. The molecule has 1 aliphatic rings. The summed E-state index contributed by atoms with van der Waals surface area (Å²) in [6, 6.07) is 7.95. The summed E-state index contributed by atoms with van der Waals surface area (Å²) in [5.74, 6) is 0.695. The maximum absolute atomic E-state index is 12.2. The summed E-state index contributed by atoms with van der Waals surface area (Å²) in [4.78, 5) is 12.2. The number of ether oxygens (including phenoxy) is 1. The Morgan fingerprint density at radius 2 is 2.10 bits per heavy atom. The molecule has 110 valence electrons. The molecule has 20 heavy (non-hydrogen) atoms. The number of nitrogens with one attached hydrogen (secondary N) is 1. The van der Waals surface area contributed by atoms with Gasteiger partial charge in [0.2, 0.25) is 0 Å². The van der Waals surface area contributed by atoms with Gasteiger partial charge < -0.3 is 10.1 Å². The molecule has 0 atom stereocenters. The molecule has 3 nitrogen and oxygen atoms in total. The first-order chi connectivity index (χ1) is 9.65. The Bertz CT molecular complexity index is 436. The third-order valence-electron chi connectivity index (χ3n) is 3.63. The molecular formula is C17H25NO2. The molecule has 3 heteroatoms. The zero-order valence-corrected chi connectivity index (χ0v) is 12.5. The molecule has 1 heterocycles. The summed E-state index contributed by atoms with van der Waals surface area (Å²) < 4.78 is 5.73. The summed E-state index contributed by atoms with van der Waals surface area (Å²) in [7, 11) is 0. The van der Waals surface area contributed by atoms with E-state index in [1.54, 1.807) is 0 Å². The van der Waals surface area contributed by atoms with E-state index >= 15 is 0 Å². The van der Waals surface area contributed by atoms with E-state index in [0.717, 1.165) is 37.9 Å². The summed E-state index contributed by atoms with van der Waals surface area (Å²) in [5, 5.41) is 3.29. The predicted octanol–water partition coefficient (Wildman–Crippen LogP) is 2.84. The minimum Gasteiger partial charge on any atom is -0.370 e. The molecule has 2 rings (SSSR count). The Kier molecular flexibility index (Phi) is 5.74. The van der Waals surface area contributed by atoms with Crippen LogP contribution in [0.5, 0.6) is 0 Å². The lowest BCUT2D eigenvalue weighted by Crippen LogP contribution is -2.33. The van der Waals surface area contributed by atoms with Crippen molar-refractivity contribution in [2.75, 3.05) is 19.7 Å². The van der Waals surface area contributed by atoms with Crippen molar-refractivity contribution >= 4 is 5.78 Å². The van der Waals surface area contributed by atoms with Crippen LogP contribution in [0.15, 0.2) is 24.3 Å². The van der Waals surface area contributed by atoms with E-state index in [2.05, 4.69) is 25.2 Å². The number of hydrogen-bond acceptors (Lipinski definition) is 3. The second kappa shape index (κ2) is 7.55. The molecule has 0 unspecified atom stereocenters. The van der Waals surface area contributed by atoms with Gasteiger partial charge in [0.1, 0.15) is 6.61 Å². The van der Waals surface area contributed by atoms with Crippen LogP contribution in [0, 0.1) is 5.92 Å². The molecule has 1 aromatic carbocycles. The molecule has 1 N–H and O–H groups in total. The molecule has 0 saturated carbocycles. The van der Waals surface area contributed by atoms with Crippen molar-refractivity contribution in [1.82, 2.24) is 5.32 Å². The standard InChI is InChI=1S/C17H25NO2/c1-13(2)10-14-4-3-5-15(11-14)17(19)12-20-16-6-8-18-9-7-16/h3-5,11,13,16,18H,6-10,12H2,1-2H3. The Labute approximate surface area is 121 Å². The number of carbonyl (C=O) groups excluding carboxylic acids is 1. The zero-order chi connectivity index (χ0) is 14.4. The van der Waals surface area contributed by atoms with Crippen LogP contribution in [-0.4, -0.2) is 31.6 Å². The summed E-state index contributed by atoms with van der Waals surface area (Å²) in [6.07, 6.45) is 3.25. The van der Waals surface area contributed by atoms with Crippen molar-refractivity contribution in [3.05, 3.63) is 35.4 Å². The third kappa shape index (κ3) is 4.73. The normalized spacial score (nSPS) is 16.6. The largest absolute Gasteiger partial charge is 0.370 e. The van der Waals surface area contributed by atoms with Gasteiger partial charge in [-0.2, -0.15) is 0 Å². The Morgan fingerprint density at radius 3 is 2.80 bits per heavy atom. The first-order valence-corrected chi connectivity index (χ1v) is 7.59. The van der Waals surface area contributed by atoms with Gasteiger partial charge in [-0.05, 0) is 49.9 Å². The van der Waals surface area contributed by atoms with Crippen LogP contribution in [0.25, 0.3) is 0 Å². The maximum atomic E-state index is 12.2. The number of rotatable bonds is 6. The van der Waals surface area contributed by atoms with Gasteiger partial charge in [0.15, 0.2) is 5.78 Å². The minimum atomic E-state index is 0.0918. The van der Waals surface area contributed by atoms with E-state index in [-0.39, 0.29) is 18.5 Å². The molecule has 1 aromatic rings. The van der Waals surface area contributed by atoms with Crippen LogP contribution < -0.4 is 5.32 Å². The highest BCUT2D eigenvalue weighted by atomic mass is 16.5. The van der Waals surface area contributed by atoms with E-state index in [9.17, 15) is 4.79 Å². The highest BCUT2D eigenvalue weighted by Crippen LogP contribution is 2.13. The maximum Gasteiger partial charge on any atom is 0.188 e. The molecule has 0 radical (unpaired) electrons. The second-order valence-corrected chi connectivity index (χ2v) is 5.98. The fraction of sp³-hybridized carbons (Fsp3) is 0.588. The fourth-order valence-corrected chi connectivity index (χ4v) is 2.58. The quantitative estimate of drug-likeness (QED) is 0.811. The number of Topliss-reactive ketones (excluding diaryl/α,β-unsaturated/α-hetero) is 1. The van der Waals surface area contributed by atoms with Gasteiger partial charge in [0, 0.05) is 5.56 Å². The van der Waals surface area contributed by atoms with E-state index < -0.39 is 0 Å². The average molecular weight is 275 g/mol. The molecule has 1 fully saturated rings. The van der Waals surface area contributed by atoms with E-state index in [1.165, 1.54) is 5.56 Å². The number of hydrogen-bond donors (Lipinski definition) is 1. The summed E-state index contributed by atoms with van der Waals surface area (Å²) >= 11 is 0. The van der Waals surface area contributed by atoms with Crippen molar-refractivity contribution in [2.45, 2.75) is 39.2 Å². The highest BCUT2D eigenvalue weighted by molar-refractivity contribution is 5.97. The lowest BCUT2D eigenvalue weighted by Gasteiger charge is -2.22. The number of piperidine rings is 1. The van der Waals surface area contributed by atoms with Crippen LogP contribution in [0.2, 0.25) is 0 Å². The van der Waals surface area contributed by atoms with Gasteiger partial charge in [-0.1, -0.05) is 32.0 Å². The van der Waals surface area contributed by atoms with Crippen LogP contribution in [0.1, 0.15) is 42.6 Å². The highest BCUT2D eigenvalue weighted by Gasteiger charge is 2.15. The molecule has 1 saturated heterocycles. The van der Waals surface area contributed by atoms with Gasteiger partial charge in [-0.3, -0.25) is 4.79 Å². The molecule has 0 aliphatic carbocycles. The second-order valence-electron chi connectivity index (χ2n) is 5.98. The number of ketones is 1. The zero-order valence-electron chi connectivity index (χ0n) is 12.5. The van der Waals surface area contributed by atoms with Crippen LogP contribution in [-0.2, 0) is 11.2 Å². The SMILES string of the molecule is CC(C)Cc1cccc(C(=O)COC2CCNCC2)c1.